The van der Waals surface area contributed by atoms with Crippen LogP contribution in [0.3, 0.4) is 0 Å². The summed E-state index contributed by atoms with van der Waals surface area (Å²) in [4.78, 5) is 22.5. The van der Waals surface area contributed by atoms with Gasteiger partial charge >= 0.3 is 12.0 Å². The van der Waals surface area contributed by atoms with Crippen LogP contribution in [0.1, 0.15) is 6.92 Å². The summed E-state index contributed by atoms with van der Waals surface area (Å²) >= 11 is 6.51. The molecule has 0 radical (unpaired) electrons. The molecule has 2 unspecified atom stereocenters. The standard InChI is InChI=1S/C11H12Br2N2O4/c1-5(16)9(10(17)18)15-11(19)14-8-4-6(12)2-3-7(8)13/h2-5,9,16H,1H3,(H,17,18)(H2,14,15,19). The number of carboxylic acid groups (broad SMARTS) is 1. The van der Waals surface area contributed by atoms with Gasteiger partial charge in [-0.1, -0.05) is 15.9 Å². The van der Waals surface area contributed by atoms with Crippen LogP contribution in [0, 0.1) is 0 Å². The molecule has 2 atom stereocenters. The van der Waals surface area contributed by atoms with E-state index in [9.17, 15) is 14.7 Å². The molecule has 0 fully saturated rings. The van der Waals surface area contributed by atoms with Crippen LogP contribution in [-0.4, -0.2) is 34.4 Å². The van der Waals surface area contributed by atoms with Crippen molar-refractivity contribution in [2.45, 2.75) is 19.1 Å². The first-order valence-electron chi connectivity index (χ1n) is 5.24. The molecular formula is C11H12Br2N2O4. The average Bonchev–Trinajstić information content (AvgIpc) is 2.30. The third-order valence-electron chi connectivity index (χ3n) is 2.21. The number of aliphatic carboxylic acids is 1. The SMILES string of the molecule is CC(O)C(NC(=O)Nc1cc(Br)ccc1Br)C(=O)O. The van der Waals surface area contributed by atoms with Crippen LogP contribution in [-0.2, 0) is 4.79 Å². The molecule has 0 aliphatic rings. The van der Waals surface area contributed by atoms with Gasteiger partial charge in [0.1, 0.15) is 0 Å². The lowest BCUT2D eigenvalue weighted by molar-refractivity contribution is -0.141. The van der Waals surface area contributed by atoms with Gasteiger partial charge in [0.25, 0.3) is 0 Å². The number of anilines is 1. The zero-order valence-corrected chi connectivity index (χ0v) is 13.0. The van der Waals surface area contributed by atoms with Gasteiger partial charge in [0.05, 0.1) is 11.8 Å². The van der Waals surface area contributed by atoms with Crippen LogP contribution in [0.4, 0.5) is 10.5 Å². The summed E-state index contributed by atoms with van der Waals surface area (Å²) in [6, 6.07) is 3.08. The van der Waals surface area contributed by atoms with E-state index in [4.69, 9.17) is 5.11 Å². The van der Waals surface area contributed by atoms with Crippen molar-refractivity contribution in [3.8, 4) is 0 Å². The van der Waals surface area contributed by atoms with E-state index in [1.165, 1.54) is 6.92 Å². The van der Waals surface area contributed by atoms with E-state index in [1.807, 2.05) is 0 Å². The lowest BCUT2D eigenvalue weighted by Gasteiger charge is -2.17. The maximum Gasteiger partial charge on any atom is 0.328 e. The molecule has 0 saturated carbocycles. The smallest absolute Gasteiger partial charge is 0.328 e. The molecule has 6 nitrogen and oxygen atoms in total. The van der Waals surface area contributed by atoms with Crippen molar-refractivity contribution in [2.75, 3.05) is 5.32 Å². The fourth-order valence-electron chi connectivity index (χ4n) is 1.28. The number of carbonyl (C=O) groups is 2. The molecule has 0 bridgehead atoms. The van der Waals surface area contributed by atoms with Crippen molar-refractivity contribution in [3.05, 3.63) is 27.1 Å². The fraction of sp³-hybridized carbons (Fsp3) is 0.273. The van der Waals surface area contributed by atoms with Gasteiger partial charge in [-0.3, -0.25) is 0 Å². The van der Waals surface area contributed by atoms with E-state index < -0.39 is 24.1 Å². The van der Waals surface area contributed by atoms with Crippen LogP contribution >= 0.6 is 31.9 Å². The molecule has 4 N–H and O–H groups in total. The van der Waals surface area contributed by atoms with Gasteiger partial charge < -0.3 is 20.8 Å². The van der Waals surface area contributed by atoms with Gasteiger partial charge in [0.2, 0.25) is 0 Å². The number of carboxylic acids is 1. The maximum absolute atomic E-state index is 11.7. The molecule has 1 aromatic rings. The molecule has 1 rings (SSSR count). The fourth-order valence-corrected chi connectivity index (χ4v) is 1.99. The van der Waals surface area contributed by atoms with E-state index in [2.05, 4.69) is 42.5 Å². The molecule has 0 heterocycles. The molecule has 0 aliphatic carbocycles. The number of nitrogens with one attached hydrogen (secondary N) is 2. The number of carbonyl (C=O) groups excluding carboxylic acids is 1. The zero-order chi connectivity index (χ0) is 14.6. The molecule has 0 aliphatic heterocycles. The largest absolute Gasteiger partial charge is 0.480 e. The molecule has 0 aromatic heterocycles. The second-order valence-corrected chi connectivity index (χ2v) is 5.55. The van der Waals surface area contributed by atoms with Crippen molar-refractivity contribution in [3.63, 3.8) is 0 Å². The van der Waals surface area contributed by atoms with Gasteiger partial charge in [-0.15, -0.1) is 0 Å². The topological polar surface area (TPSA) is 98.7 Å². The Hall–Kier alpha value is -1.12. The number of rotatable bonds is 4. The summed E-state index contributed by atoms with van der Waals surface area (Å²) in [5, 5.41) is 22.8. The van der Waals surface area contributed by atoms with Gasteiger partial charge in [-0.25, -0.2) is 9.59 Å². The number of hydrogen-bond acceptors (Lipinski definition) is 3. The number of aliphatic hydroxyl groups is 1. The predicted octanol–water partition coefficient (Wildman–Crippen LogP) is 2.17. The Morgan fingerprint density at radius 1 is 1.32 bits per heavy atom. The zero-order valence-electron chi connectivity index (χ0n) is 9.85. The van der Waals surface area contributed by atoms with Crippen molar-refractivity contribution in [2.24, 2.45) is 0 Å². The summed E-state index contributed by atoms with van der Waals surface area (Å²) < 4.78 is 1.41. The van der Waals surface area contributed by atoms with Crippen molar-refractivity contribution >= 4 is 49.5 Å². The molecule has 1 aromatic carbocycles. The molecule has 8 heteroatoms. The molecule has 0 saturated heterocycles. The summed E-state index contributed by atoms with van der Waals surface area (Å²) in [6.07, 6.45) is -1.20. The summed E-state index contributed by atoms with van der Waals surface area (Å²) in [5.74, 6) is -1.31. The summed E-state index contributed by atoms with van der Waals surface area (Å²) in [5.41, 5.74) is 0.474. The molecular weight excluding hydrogens is 384 g/mol. The van der Waals surface area contributed by atoms with Gasteiger partial charge in [0.15, 0.2) is 6.04 Å². The Morgan fingerprint density at radius 3 is 2.47 bits per heavy atom. The molecule has 0 spiro atoms. The van der Waals surface area contributed by atoms with E-state index in [-0.39, 0.29) is 0 Å². The first kappa shape index (κ1) is 15.9. The Morgan fingerprint density at radius 2 is 1.95 bits per heavy atom. The number of halogens is 2. The Bertz CT molecular complexity index is 494. The lowest BCUT2D eigenvalue weighted by atomic mass is 10.2. The average molecular weight is 396 g/mol. The minimum absolute atomic E-state index is 0.474. The normalized spacial score (nSPS) is 13.5. The Balaban J connectivity index is 2.74. The highest BCUT2D eigenvalue weighted by atomic mass is 79.9. The lowest BCUT2D eigenvalue weighted by Crippen LogP contribution is -2.49. The number of urea groups is 1. The highest BCUT2D eigenvalue weighted by Crippen LogP contribution is 2.25. The van der Waals surface area contributed by atoms with Crippen molar-refractivity contribution in [1.82, 2.24) is 5.32 Å². The van der Waals surface area contributed by atoms with Crippen molar-refractivity contribution < 1.29 is 19.8 Å². The number of aliphatic hydroxyl groups excluding tert-OH is 1. The highest BCUT2D eigenvalue weighted by Gasteiger charge is 2.25. The summed E-state index contributed by atoms with van der Waals surface area (Å²) in [7, 11) is 0. The highest BCUT2D eigenvalue weighted by molar-refractivity contribution is 9.11. The maximum atomic E-state index is 11.7. The van der Waals surface area contributed by atoms with Gasteiger partial charge in [-0.2, -0.15) is 0 Å². The van der Waals surface area contributed by atoms with Crippen molar-refractivity contribution in [1.29, 1.82) is 0 Å². The molecule has 104 valence electrons. The minimum atomic E-state index is -1.37. The van der Waals surface area contributed by atoms with Crippen LogP contribution < -0.4 is 10.6 Å². The van der Waals surface area contributed by atoms with Crippen LogP contribution in [0.25, 0.3) is 0 Å². The minimum Gasteiger partial charge on any atom is -0.480 e. The predicted molar refractivity (Wildman–Crippen MR) is 77.1 cm³/mol. The van der Waals surface area contributed by atoms with Gasteiger partial charge in [0, 0.05) is 8.95 Å². The van der Waals surface area contributed by atoms with E-state index >= 15 is 0 Å². The molecule has 2 amide bonds. The first-order chi connectivity index (χ1) is 8.81. The van der Waals surface area contributed by atoms with Crippen LogP contribution in [0.15, 0.2) is 27.1 Å². The second-order valence-electron chi connectivity index (χ2n) is 3.78. The van der Waals surface area contributed by atoms with Crippen LogP contribution in [0.5, 0.6) is 0 Å². The molecule has 19 heavy (non-hydrogen) atoms. The number of hydrogen-bond donors (Lipinski definition) is 4. The van der Waals surface area contributed by atoms with E-state index in [0.29, 0.717) is 10.2 Å². The third-order valence-corrected chi connectivity index (χ3v) is 3.40. The summed E-state index contributed by atoms with van der Waals surface area (Å²) in [6.45, 7) is 1.29. The Kier molecular flexibility index (Phi) is 5.77. The van der Waals surface area contributed by atoms with Gasteiger partial charge in [-0.05, 0) is 41.1 Å². The first-order valence-corrected chi connectivity index (χ1v) is 6.83. The quantitative estimate of drug-likeness (QED) is 0.627. The van der Waals surface area contributed by atoms with E-state index in [0.717, 1.165) is 4.47 Å². The Labute approximate surface area is 126 Å². The van der Waals surface area contributed by atoms with E-state index in [1.54, 1.807) is 18.2 Å². The third kappa shape index (κ3) is 4.81. The number of amides is 2. The monoisotopic (exact) mass is 394 g/mol. The number of benzene rings is 1. The second kappa shape index (κ2) is 6.88. The van der Waals surface area contributed by atoms with Crippen LogP contribution in [0.2, 0.25) is 0 Å².